The van der Waals surface area contributed by atoms with Crippen molar-refractivity contribution >= 4 is 22.6 Å². The Morgan fingerprint density at radius 3 is 2.20 bits per heavy atom. The third-order valence-corrected chi connectivity index (χ3v) is 13.1. The Labute approximate surface area is 328 Å². The van der Waals surface area contributed by atoms with Crippen LogP contribution in [0.1, 0.15) is 51.6 Å². The fraction of sp³-hybridized carbons (Fsp3) is 0.0909. The third kappa shape index (κ3) is 4.33. The van der Waals surface area contributed by atoms with Crippen LogP contribution in [-0.4, -0.2) is 0 Å². The fourth-order valence-corrected chi connectivity index (χ4v) is 10.9. The molecule has 4 unspecified atom stereocenters. The van der Waals surface area contributed by atoms with Crippen molar-refractivity contribution in [3.63, 3.8) is 0 Å². The summed E-state index contributed by atoms with van der Waals surface area (Å²) in [6.07, 6.45) is 17.4. The minimum atomic E-state index is -0.169. The second-order valence-electron chi connectivity index (χ2n) is 15.8. The van der Waals surface area contributed by atoms with Gasteiger partial charge in [-0.1, -0.05) is 158 Å². The van der Waals surface area contributed by atoms with E-state index in [-0.39, 0.29) is 5.41 Å². The van der Waals surface area contributed by atoms with Crippen molar-refractivity contribution in [2.45, 2.75) is 23.7 Å². The zero-order valence-electron chi connectivity index (χ0n) is 30.9. The Bertz CT molecular complexity index is 2850. The molecule has 0 radical (unpaired) electrons. The van der Waals surface area contributed by atoms with Crippen LogP contribution in [0.5, 0.6) is 0 Å². The van der Waals surface area contributed by atoms with Crippen LogP contribution in [-0.2, 0) is 5.41 Å². The molecule has 7 aromatic carbocycles. The Morgan fingerprint density at radius 2 is 1.34 bits per heavy atom. The average Bonchev–Trinajstić information content (AvgIpc) is 3.87. The summed E-state index contributed by atoms with van der Waals surface area (Å²) >= 11 is 0. The number of hydrogen-bond acceptors (Lipinski definition) is 1. The van der Waals surface area contributed by atoms with Crippen molar-refractivity contribution in [3.8, 4) is 33.4 Å². The number of fused-ring (bicyclic) bond motifs is 5. The molecule has 262 valence electrons. The first kappa shape index (κ1) is 31.5. The standard InChI is InChI=1S/C55H37N/c1-3-14-36(15-4-1)39-18-11-19-42(34-39)56(52-27-10-8-20-43(52)38-16-5-2-6-17-38)41-31-28-37(29-32-41)40-30-33-45-47-23-13-25-49-48-24-12-22-46-44-21-7-9-26-50(44)55(53(46)48,54(47)49)51(45)35-40/h2-3,5-16,18-35,38,45,51H,17H2. The van der Waals surface area contributed by atoms with Crippen LogP contribution >= 0.6 is 0 Å². The van der Waals surface area contributed by atoms with E-state index in [0.29, 0.717) is 17.8 Å². The van der Waals surface area contributed by atoms with Crippen molar-refractivity contribution < 1.29 is 0 Å². The van der Waals surface area contributed by atoms with Crippen molar-refractivity contribution in [1.29, 1.82) is 0 Å². The highest BCUT2D eigenvalue weighted by Gasteiger charge is 2.61. The van der Waals surface area contributed by atoms with E-state index in [1.54, 1.807) is 0 Å². The molecular weight excluding hydrogens is 675 g/mol. The summed E-state index contributed by atoms with van der Waals surface area (Å²) in [5.41, 5.74) is 21.1. The molecule has 56 heavy (non-hydrogen) atoms. The van der Waals surface area contributed by atoms with E-state index in [4.69, 9.17) is 0 Å². The number of benzene rings is 6. The van der Waals surface area contributed by atoms with Crippen LogP contribution in [0, 0.1) is 18.1 Å². The second kappa shape index (κ2) is 12.1. The predicted octanol–water partition coefficient (Wildman–Crippen LogP) is 13.7. The van der Waals surface area contributed by atoms with Gasteiger partial charge in [0, 0.05) is 34.8 Å². The number of hydrogen-bond donors (Lipinski definition) is 0. The monoisotopic (exact) mass is 711 g/mol. The van der Waals surface area contributed by atoms with Gasteiger partial charge >= 0.3 is 0 Å². The van der Waals surface area contributed by atoms with Gasteiger partial charge in [-0.05, 0) is 127 Å². The predicted molar refractivity (Wildman–Crippen MR) is 230 cm³/mol. The van der Waals surface area contributed by atoms with Gasteiger partial charge in [-0.2, -0.15) is 0 Å². The van der Waals surface area contributed by atoms with Gasteiger partial charge in [0.15, 0.2) is 0 Å². The highest BCUT2D eigenvalue weighted by molar-refractivity contribution is 5.99. The maximum absolute atomic E-state index is 3.14. The molecule has 0 aliphatic heterocycles. The largest absolute Gasteiger partial charge is 0.310 e. The first-order valence-electron chi connectivity index (χ1n) is 19.9. The molecule has 0 saturated carbocycles. The quantitative estimate of drug-likeness (QED) is 0.166. The van der Waals surface area contributed by atoms with Crippen LogP contribution in [0.15, 0.2) is 194 Å². The molecule has 4 atom stereocenters. The summed E-state index contributed by atoms with van der Waals surface area (Å²) in [5, 5.41) is 0. The Balaban J connectivity index is 0.979. The van der Waals surface area contributed by atoms with E-state index >= 15 is 0 Å². The lowest BCUT2D eigenvalue weighted by Gasteiger charge is -2.35. The number of rotatable bonds is 6. The number of para-hydroxylation sites is 1. The summed E-state index contributed by atoms with van der Waals surface area (Å²) in [7, 11) is 0. The Hall–Kier alpha value is -6.88. The molecule has 0 heterocycles. The molecule has 7 aromatic rings. The van der Waals surface area contributed by atoms with E-state index in [1.807, 2.05) is 12.1 Å². The van der Waals surface area contributed by atoms with Gasteiger partial charge in [-0.3, -0.25) is 0 Å². The van der Waals surface area contributed by atoms with Gasteiger partial charge in [-0.15, -0.1) is 0 Å². The van der Waals surface area contributed by atoms with Crippen LogP contribution < -0.4 is 4.90 Å². The highest BCUT2D eigenvalue weighted by atomic mass is 15.1. The Kier molecular flexibility index (Phi) is 6.78. The zero-order valence-corrected chi connectivity index (χ0v) is 30.9. The second-order valence-corrected chi connectivity index (χ2v) is 15.8. The molecule has 0 aromatic heterocycles. The maximum Gasteiger partial charge on any atom is 0.0550 e. The van der Waals surface area contributed by atoms with Gasteiger partial charge in [0.05, 0.1) is 5.41 Å². The molecule has 1 heteroatoms. The smallest absolute Gasteiger partial charge is 0.0550 e. The molecular formula is C55H37N. The number of nitrogens with zero attached hydrogens (tertiary/aromatic N) is 1. The van der Waals surface area contributed by atoms with E-state index in [9.17, 15) is 0 Å². The summed E-state index contributed by atoms with van der Waals surface area (Å²) < 4.78 is 0. The third-order valence-electron chi connectivity index (χ3n) is 13.1. The molecule has 1 spiro atoms. The molecule has 0 fully saturated rings. The molecule has 0 bridgehead atoms. The van der Waals surface area contributed by atoms with Crippen LogP contribution in [0.3, 0.4) is 0 Å². The minimum Gasteiger partial charge on any atom is -0.310 e. The highest BCUT2D eigenvalue weighted by Crippen LogP contribution is 2.71. The normalized spacial score (nSPS) is 21.1. The van der Waals surface area contributed by atoms with Gasteiger partial charge in [0.25, 0.3) is 0 Å². The Morgan fingerprint density at radius 1 is 0.571 bits per heavy atom. The zero-order chi connectivity index (χ0) is 36.8. The van der Waals surface area contributed by atoms with Crippen molar-refractivity contribution in [3.05, 3.63) is 240 Å². The molecule has 12 rings (SSSR count). The first-order valence-corrected chi connectivity index (χ1v) is 19.9. The van der Waals surface area contributed by atoms with Crippen molar-refractivity contribution in [1.82, 2.24) is 0 Å². The van der Waals surface area contributed by atoms with Gasteiger partial charge in [0.1, 0.15) is 0 Å². The lowest BCUT2D eigenvalue weighted by Crippen LogP contribution is -2.31. The molecule has 5 aliphatic carbocycles. The topological polar surface area (TPSA) is 3.24 Å². The van der Waals surface area contributed by atoms with E-state index in [0.717, 1.165) is 28.9 Å². The lowest BCUT2D eigenvalue weighted by molar-refractivity contribution is 0.474. The maximum atomic E-state index is 3.14. The summed E-state index contributed by atoms with van der Waals surface area (Å²) in [6.45, 7) is 0. The number of allylic oxidation sites excluding steroid dienone is 8. The molecule has 1 nitrogen and oxygen atoms in total. The average molecular weight is 712 g/mol. The van der Waals surface area contributed by atoms with Gasteiger partial charge < -0.3 is 4.90 Å². The fourth-order valence-electron chi connectivity index (χ4n) is 10.9. The SMILES string of the molecule is c1ccc(-c2cccc(N(c3ccc(C4=CC5C(C=C4)c4cccc6c4C54c5ccccc5-c5cccc-6c54)cc3)c3ccccc3C3C=CC=CC3)c2)cc#1. The summed E-state index contributed by atoms with van der Waals surface area (Å²) in [5.74, 6) is 0.938. The van der Waals surface area contributed by atoms with E-state index < -0.39 is 0 Å². The minimum absolute atomic E-state index is 0.169. The van der Waals surface area contributed by atoms with Crippen LogP contribution in [0.4, 0.5) is 17.1 Å². The first-order chi connectivity index (χ1) is 27.8. The summed E-state index contributed by atoms with van der Waals surface area (Å²) in [4.78, 5) is 2.44. The lowest BCUT2D eigenvalue weighted by atomic mass is 9.66. The molecule has 0 saturated heterocycles. The van der Waals surface area contributed by atoms with E-state index in [2.05, 4.69) is 199 Å². The van der Waals surface area contributed by atoms with Crippen molar-refractivity contribution in [2.24, 2.45) is 5.92 Å². The van der Waals surface area contributed by atoms with Gasteiger partial charge in [-0.25, -0.2) is 0 Å². The van der Waals surface area contributed by atoms with Crippen LogP contribution in [0.25, 0.3) is 39.0 Å². The van der Waals surface area contributed by atoms with Crippen LogP contribution in [0.2, 0.25) is 0 Å². The molecule has 0 amide bonds. The van der Waals surface area contributed by atoms with Gasteiger partial charge in [0.2, 0.25) is 0 Å². The van der Waals surface area contributed by atoms with Crippen molar-refractivity contribution in [2.75, 3.05) is 4.90 Å². The number of anilines is 3. The van der Waals surface area contributed by atoms with E-state index in [1.165, 1.54) is 66.9 Å². The summed E-state index contributed by atoms with van der Waals surface area (Å²) in [6, 6.07) is 62.5. The molecule has 5 aliphatic rings. The molecule has 0 N–H and O–H groups in total.